The summed E-state index contributed by atoms with van der Waals surface area (Å²) >= 11 is 4.87. The Balaban J connectivity index is 2.36. The highest BCUT2D eigenvalue weighted by atomic mass is 32.1. The molecule has 0 spiro atoms. The standard InChI is InChI=1S/C10H10N2OS/c1-6-4-2-3-5-7(6)8-9(13)12-10(14)11-8/h2-5,8H,1H3,(H2,11,12,13,14). The summed E-state index contributed by atoms with van der Waals surface area (Å²) in [4.78, 5) is 11.5. The zero-order valence-electron chi connectivity index (χ0n) is 7.70. The Morgan fingerprint density at radius 1 is 1.36 bits per heavy atom. The maximum atomic E-state index is 11.5. The topological polar surface area (TPSA) is 41.1 Å². The first-order chi connectivity index (χ1) is 6.68. The molecule has 1 atom stereocenters. The Hall–Kier alpha value is -1.42. The maximum absolute atomic E-state index is 11.5. The van der Waals surface area contributed by atoms with Gasteiger partial charge in [-0.2, -0.15) is 0 Å². The number of nitrogens with one attached hydrogen (secondary N) is 2. The Kier molecular flexibility index (Phi) is 2.21. The van der Waals surface area contributed by atoms with E-state index < -0.39 is 0 Å². The summed E-state index contributed by atoms with van der Waals surface area (Å²) in [5.74, 6) is -0.0794. The molecule has 1 saturated heterocycles. The van der Waals surface area contributed by atoms with Gasteiger partial charge in [-0.3, -0.25) is 4.79 Å². The van der Waals surface area contributed by atoms with Gasteiger partial charge in [0.05, 0.1) is 0 Å². The first kappa shape index (κ1) is 9.15. The quantitative estimate of drug-likeness (QED) is 0.675. The molecule has 1 amide bonds. The molecule has 14 heavy (non-hydrogen) atoms. The first-order valence-corrected chi connectivity index (χ1v) is 4.76. The Bertz CT molecular complexity index is 403. The third-order valence-corrected chi connectivity index (χ3v) is 2.49. The minimum atomic E-state index is -0.330. The molecule has 1 aliphatic heterocycles. The second kappa shape index (κ2) is 3.38. The van der Waals surface area contributed by atoms with Crippen LogP contribution in [0.4, 0.5) is 0 Å². The van der Waals surface area contributed by atoms with Gasteiger partial charge >= 0.3 is 0 Å². The van der Waals surface area contributed by atoms with Crippen LogP contribution in [0.5, 0.6) is 0 Å². The van der Waals surface area contributed by atoms with Crippen molar-refractivity contribution in [2.75, 3.05) is 0 Å². The molecule has 0 aromatic heterocycles. The molecule has 72 valence electrons. The van der Waals surface area contributed by atoms with Gasteiger partial charge in [-0.1, -0.05) is 24.3 Å². The fourth-order valence-corrected chi connectivity index (χ4v) is 1.76. The molecule has 4 heteroatoms. The predicted molar refractivity (Wildman–Crippen MR) is 57.8 cm³/mol. The third-order valence-electron chi connectivity index (χ3n) is 2.27. The van der Waals surface area contributed by atoms with Crippen molar-refractivity contribution in [1.82, 2.24) is 10.6 Å². The maximum Gasteiger partial charge on any atom is 0.253 e. The highest BCUT2D eigenvalue weighted by Gasteiger charge is 2.29. The summed E-state index contributed by atoms with van der Waals surface area (Å²) in [6.07, 6.45) is 0. The van der Waals surface area contributed by atoms with Crippen molar-refractivity contribution in [1.29, 1.82) is 0 Å². The van der Waals surface area contributed by atoms with Gasteiger partial charge in [-0.25, -0.2) is 0 Å². The highest BCUT2D eigenvalue weighted by Crippen LogP contribution is 2.19. The molecule has 1 aliphatic rings. The van der Waals surface area contributed by atoms with Gasteiger partial charge in [0.2, 0.25) is 0 Å². The van der Waals surface area contributed by atoms with E-state index in [1.165, 1.54) is 0 Å². The van der Waals surface area contributed by atoms with Crippen LogP contribution in [0.1, 0.15) is 17.2 Å². The normalized spacial score (nSPS) is 20.5. The Morgan fingerprint density at radius 3 is 2.64 bits per heavy atom. The van der Waals surface area contributed by atoms with Crippen molar-refractivity contribution in [3.05, 3.63) is 35.4 Å². The van der Waals surface area contributed by atoms with E-state index in [0.717, 1.165) is 11.1 Å². The van der Waals surface area contributed by atoms with Gasteiger partial charge in [0, 0.05) is 0 Å². The lowest BCUT2D eigenvalue weighted by molar-refractivity contribution is -0.120. The number of thiocarbonyl (C=S) groups is 1. The number of hydrogen-bond acceptors (Lipinski definition) is 2. The van der Waals surface area contributed by atoms with Crippen molar-refractivity contribution in [3.8, 4) is 0 Å². The Labute approximate surface area is 87.5 Å². The molecule has 0 saturated carbocycles. The van der Waals surface area contributed by atoms with E-state index in [0.29, 0.717) is 5.11 Å². The number of hydrogen-bond donors (Lipinski definition) is 2. The minimum Gasteiger partial charge on any atom is -0.347 e. The average Bonchev–Trinajstić information content (AvgIpc) is 2.46. The molecule has 1 fully saturated rings. The summed E-state index contributed by atoms with van der Waals surface area (Å²) in [7, 11) is 0. The number of amides is 1. The SMILES string of the molecule is Cc1ccccc1C1NC(=S)NC1=O. The Morgan fingerprint density at radius 2 is 2.07 bits per heavy atom. The van der Waals surface area contributed by atoms with Crippen LogP contribution in [0, 0.1) is 6.92 Å². The van der Waals surface area contributed by atoms with Crippen LogP contribution in [0.3, 0.4) is 0 Å². The van der Waals surface area contributed by atoms with Gasteiger partial charge in [0.15, 0.2) is 5.11 Å². The van der Waals surface area contributed by atoms with Crippen LogP contribution in [0.15, 0.2) is 24.3 Å². The zero-order chi connectivity index (χ0) is 10.1. The summed E-state index contributed by atoms with van der Waals surface area (Å²) in [5.41, 5.74) is 2.06. The average molecular weight is 206 g/mol. The summed E-state index contributed by atoms with van der Waals surface area (Å²) < 4.78 is 0. The van der Waals surface area contributed by atoms with E-state index in [1.807, 2.05) is 31.2 Å². The molecule has 0 bridgehead atoms. The van der Waals surface area contributed by atoms with Crippen molar-refractivity contribution < 1.29 is 4.79 Å². The van der Waals surface area contributed by atoms with Gasteiger partial charge in [-0.05, 0) is 30.3 Å². The lowest BCUT2D eigenvalue weighted by Gasteiger charge is -2.10. The fourth-order valence-electron chi connectivity index (χ4n) is 1.55. The van der Waals surface area contributed by atoms with E-state index >= 15 is 0 Å². The summed E-state index contributed by atoms with van der Waals surface area (Å²) in [6.45, 7) is 1.98. The van der Waals surface area contributed by atoms with Crippen LogP contribution in [-0.4, -0.2) is 11.0 Å². The van der Waals surface area contributed by atoms with Crippen molar-refractivity contribution in [3.63, 3.8) is 0 Å². The summed E-state index contributed by atoms with van der Waals surface area (Å²) in [6, 6.07) is 7.44. The molecule has 3 nitrogen and oxygen atoms in total. The van der Waals surface area contributed by atoms with E-state index in [2.05, 4.69) is 10.6 Å². The first-order valence-electron chi connectivity index (χ1n) is 4.35. The predicted octanol–water partition coefficient (Wildman–Crippen LogP) is 1.04. The number of carbonyl (C=O) groups excluding carboxylic acids is 1. The fraction of sp³-hybridized carbons (Fsp3) is 0.200. The highest BCUT2D eigenvalue weighted by molar-refractivity contribution is 7.80. The number of carbonyl (C=O) groups is 1. The van der Waals surface area contributed by atoms with E-state index in [4.69, 9.17) is 12.2 Å². The number of benzene rings is 1. The van der Waals surface area contributed by atoms with Gasteiger partial charge in [0.25, 0.3) is 5.91 Å². The molecule has 2 N–H and O–H groups in total. The van der Waals surface area contributed by atoms with Crippen LogP contribution in [-0.2, 0) is 4.79 Å². The number of rotatable bonds is 1. The van der Waals surface area contributed by atoms with Crippen LogP contribution in [0.2, 0.25) is 0 Å². The minimum absolute atomic E-state index is 0.0794. The molecule has 1 heterocycles. The second-order valence-electron chi connectivity index (χ2n) is 3.25. The van der Waals surface area contributed by atoms with Crippen molar-refractivity contribution >= 4 is 23.2 Å². The van der Waals surface area contributed by atoms with Crippen LogP contribution >= 0.6 is 12.2 Å². The van der Waals surface area contributed by atoms with Crippen LogP contribution in [0.25, 0.3) is 0 Å². The van der Waals surface area contributed by atoms with Crippen LogP contribution < -0.4 is 10.6 Å². The molecule has 2 rings (SSSR count). The van der Waals surface area contributed by atoms with Gasteiger partial charge in [-0.15, -0.1) is 0 Å². The number of aryl methyl sites for hydroxylation is 1. The van der Waals surface area contributed by atoms with Gasteiger partial charge < -0.3 is 10.6 Å². The van der Waals surface area contributed by atoms with Gasteiger partial charge in [0.1, 0.15) is 6.04 Å². The smallest absolute Gasteiger partial charge is 0.253 e. The zero-order valence-corrected chi connectivity index (χ0v) is 8.52. The van der Waals surface area contributed by atoms with E-state index in [9.17, 15) is 4.79 Å². The van der Waals surface area contributed by atoms with Crippen molar-refractivity contribution in [2.45, 2.75) is 13.0 Å². The lowest BCUT2D eigenvalue weighted by atomic mass is 10.0. The largest absolute Gasteiger partial charge is 0.347 e. The molecule has 1 aromatic carbocycles. The molecule has 0 aliphatic carbocycles. The van der Waals surface area contributed by atoms with E-state index in [-0.39, 0.29) is 11.9 Å². The third kappa shape index (κ3) is 1.48. The lowest BCUT2D eigenvalue weighted by Crippen LogP contribution is -2.21. The molecule has 0 radical (unpaired) electrons. The van der Waals surface area contributed by atoms with E-state index in [1.54, 1.807) is 0 Å². The van der Waals surface area contributed by atoms with Crippen molar-refractivity contribution in [2.24, 2.45) is 0 Å². The molecular formula is C10H10N2OS. The second-order valence-corrected chi connectivity index (χ2v) is 3.66. The molecular weight excluding hydrogens is 196 g/mol. The summed E-state index contributed by atoms with van der Waals surface area (Å²) in [5, 5.41) is 5.91. The monoisotopic (exact) mass is 206 g/mol. The molecule has 1 aromatic rings. The molecule has 1 unspecified atom stereocenters.